The van der Waals surface area contributed by atoms with Crippen LogP contribution in [0.5, 0.6) is 5.75 Å². The topological polar surface area (TPSA) is 57.7 Å². The fourth-order valence-electron chi connectivity index (χ4n) is 3.79. The number of hydrogen-bond donors (Lipinski definition) is 1. The molecule has 1 aliphatic rings. The first-order valence-corrected chi connectivity index (χ1v) is 11.9. The zero-order valence-corrected chi connectivity index (χ0v) is 18.6. The van der Waals surface area contributed by atoms with Gasteiger partial charge in [0.25, 0.3) is 5.91 Å². The predicted octanol–water partition coefficient (Wildman–Crippen LogP) is 5.71. The van der Waals surface area contributed by atoms with Crippen molar-refractivity contribution in [2.24, 2.45) is 5.10 Å². The molecule has 1 N–H and O–H groups in total. The average molecular weight is 448 g/mol. The molecule has 0 bridgehead atoms. The van der Waals surface area contributed by atoms with Gasteiger partial charge in [0.15, 0.2) is 0 Å². The Morgan fingerprint density at radius 3 is 2.81 bits per heavy atom. The van der Waals surface area contributed by atoms with Crippen LogP contribution in [0.25, 0.3) is 10.9 Å². The van der Waals surface area contributed by atoms with Crippen molar-refractivity contribution < 1.29 is 9.53 Å². The Morgan fingerprint density at radius 2 is 2.03 bits per heavy atom. The van der Waals surface area contributed by atoms with Gasteiger partial charge in [-0.2, -0.15) is 5.10 Å². The third-order valence-corrected chi connectivity index (χ3v) is 7.33. The highest BCUT2D eigenvalue weighted by molar-refractivity contribution is 8.00. The zero-order valence-electron chi connectivity index (χ0n) is 16.9. The summed E-state index contributed by atoms with van der Waals surface area (Å²) in [6.07, 6.45) is 2.67. The number of amides is 1. The van der Waals surface area contributed by atoms with E-state index in [9.17, 15) is 4.79 Å². The fourth-order valence-corrected chi connectivity index (χ4v) is 5.40. The number of thiophene rings is 1. The lowest BCUT2D eigenvalue weighted by Gasteiger charge is -2.22. The van der Waals surface area contributed by atoms with E-state index in [0.29, 0.717) is 12.2 Å². The number of para-hydroxylation sites is 1. The van der Waals surface area contributed by atoms with Crippen molar-refractivity contribution in [1.29, 1.82) is 0 Å². The summed E-state index contributed by atoms with van der Waals surface area (Å²) in [6.45, 7) is 0. The third-order valence-electron chi connectivity index (χ3n) is 5.37. The number of fused-ring (bicyclic) bond motifs is 1. The summed E-state index contributed by atoms with van der Waals surface area (Å²) in [6, 6.07) is 20.0. The number of thioether (sulfide) groups is 1. The van der Waals surface area contributed by atoms with Gasteiger partial charge < -0.3 is 9.72 Å². The fraction of sp³-hybridized carbons (Fsp3) is 0.167. The number of rotatable bonds is 6. The summed E-state index contributed by atoms with van der Waals surface area (Å²) < 4.78 is 5.29. The van der Waals surface area contributed by atoms with Crippen LogP contribution in [0.4, 0.5) is 0 Å². The second-order valence-corrected chi connectivity index (χ2v) is 9.21. The summed E-state index contributed by atoms with van der Waals surface area (Å²) >= 11 is 3.20. The molecule has 0 aliphatic carbocycles. The van der Waals surface area contributed by atoms with Gasteiger partial charge in [-0.25, -0.2) is 5.01 Å². The number of carbonyl (C=O) groups excluding carboxylic acids is 1. The molecular formula is C24H21N3O2S2. The van der Waals surface area contributed by atoms with Gasteiger partial charge in [0.1, 0.15) is 5.75 Å². The van der Waals surface area contributed by atoms with Gasteiger partial charge in [-0.05, 0) is 35.2 Å². The Hall–Kier alpha value is -3.03. The molecular weight excluding hydrogens is 426 g/mol. The van der Waals surface area contributed by atoms with Crippen LogP contribution in [0.3, 0.4) is 0 Å². The van der Waals surface area contributed by atoms with E-state index in [2.05, 4.69) is 17.1 Å². The van der Waals surface area contributed by atoms with E-state index in [4.69, 9.17) is 9.84 Å². The minimum atomic E-state index is -0.112. The van der Waals surface area contributed by atoms with Gasteiger partial charge in [-0.3, -0.25) is 4.79 Å². The first kappa shape index (κ1) is 19.9. The molecule has 0 radical (unpaired) electrons. The molecule has 4 aromatic rings. The molecule has 0 unspecified atom stereocenters. The Bertz CT molecular complexity index is 1230. The third kappa shape index (κ3) is 3.98. The molecule has 0 saturated carbocycles. The number of nitrogens with one attached hydrogen (secondary N) is 1. The summed E-state index contributed by atoms with van der Waals surface area (Å²) in [5.74, 6) is 1.13. The molecule has 1 aliphatic heterocycles. The van der Waals surface area contributed by atoms with E-state index < -0.39 is 0 Å². The van der Waals surface area contributed by atoms with Crippen molar-refractivity contribution in [1.82, 2.24) is 9.99 Å². The number of benzene rings is 2. The van der Waals surface area contributed by atoms with Gasteiger partial charge in [-0.1, -0.05) is 36.4 Å². The normalized spacial score (nSPS) is 16.0. The Morgan fingerprint density at radius 1 is 1.19 bits per heavy atom. The van der Waals surface area contributed by atoms with Gasteiger partial charge >= 0.3 is 0 Å². The van der Waals surface area contributed by atoms with Crippen LogP contribution in [0.2, 0.25) is 0 Å². The lowest BCUT2D eigenvalue weighted by molar-refractivity contribution is -0.130. The van der Waals surface area contributed by atoms with E-state index in [1.807, 2.05) is 60.1 Å². The number of hydrazone groups is 1. The minimum absolute atomic E-state index is 0.00246. The maximum absolute atomic E-state index is 13.3. The predicted molar refractivity (Wildman–Crippen MR) is 127 cm³/mol. The van der Waals surface area contributed by atoms with Crippen molar-refractivity contribution >= 4 is 45.6 Å². The van der Waals surface area contributed by atoms with Crippen molar-refractivity contribution in [2.75, 3.05) is 12.9 Å². The molecule has 0 fully saturated rings. The molecule has 1 atom stereocenters. The molecule has 3 heterocycles. The van der Waals surface area contributed by atoms with Gasteiger partial charge in [-0.15, -0.1) is 23.1 Å². The van der Waals surface area contributed by atoms with Crippen LogP contribution < -0.4 is 4.74 Å². The molecule has 31 heavy (non-hydrogen) atoms. The van der Waals surface area contributed by atoms with Gasteiger partial charge in [0.05, 0.1) is 29.5 Å². The standard InChI is InChI=1S/C24H21N3O2S2/c1-29-17-10-8-16(9-11-17)21-13-20(22-7-4-12-30-22)26-27(21)24(28)15-31-23-14-25-19-6-3-2-5-18(19)23/h2-12,14,21,25H,13,15H2,1H3/t21-/m1/s1. The molecule has 2 aromatic heterocycles. The summed E-state index contributed by atoms with van der Waals surface area (Å²) in [5, 5.41) is 9.59. The molecule has 7 heteroatoms. The number of nitrogens with zero attached hydrogens (tertiary/aromatic N) is 2. The zero-order chi connectivity index (χ0) is 21.2. The Kier molecular flexibility index (Phi) is 5.53. The maximum atomic E-state index is 13.3. The van der Waals surface area contributed by atoms with Crippen LogP contribution in [-0.2, 0) is 4.79 Å². The van der Waals surface area contributed by atoms with Gasteiger partial charge in [0, 0.05) is 28.4 Å². The largest absolute Gasteiger partial charge is 0.497 e. The summed E-state index contributed by atoms with van der Waals surface area (Å²) in [5.41, 5.74) is 3.09. The molecule has 5 rings (SSSR count). The van der Waals surface area contributed by atoms with Crippen molar-refractivity contribution in [3.8, 4) is 5.75 Å². The second-order valence-electron chi connectivity index (χ2n) is 7.24. The lowest BCUT2D eigenvalue weighted by Crippen LogP contribution is -2.28. The number of aromatic amines is 1. The quantitative estimate of drug-likeness (QED) is 0.385. The maximum Gasteiger partial charge on any atom is 0.253 e. The van der Waals surface area contributed by atoms with Crippen LogP contribution >= 0.6 is 23.1 Å². The monoisotopic (exact) mass is 447 g/mol. The smallest absolute Gasteiger partial charge is 0.253 e. The van der Waals surface area contributed by atoms with Crippen molar-refractivity contribution in [3.05, 3.63) is 82.7 Å². The molecule has 2 aromatic carbocycles. The van der Waals surface area contributed by atoms with E-state index >= 15 is 0 Å². The van der Waals surface area contributed by atoms with Crippen LogP contribution in [0, 0.1) is 0 Å². The molecule has 0 saturated heterocycles. The van der Waals surface area contributed by atoms with E-state index in [0.717, 1.165) is 37.7 Å². The van der Waals surface area contributed by atoms with E-state index in [-0.39, 0.29) is 11.9 Å². The van der Waals surface area contributed by atoms with Crippen LogP contribution in [0.1, 0.15) is 22.9 Å². The highest BCUT2D eigenvalue weighted by Gasteiger charge is 2.33. The highest BCUT2D eigenvalue weighted by atomic mass is 32.2. The molecule has 156 valence electrons. The molecule has 1 amide bonds. The molecule has 0 spiro atoms. The number of aromatic nitrogens is 1. The van der Waals surface area contributed by atoms with Gasteiger partial charge in [0.2, 0.25) is 0 Å². The number of ether oxygens (including phenoxy) is 1. The second kappa shape index (κ2) is 8.61. The van der Waals surface area contributed by atoms with E-state index in [1.165, 1.54) is 0 Å². The number of hydrogen-bond acceptors (Lipinski definition) is 5. The van der Waals surface area contributed by atoms with Crippen molar-refractivity contribution in [3.63, 3.8) is 0 Å². The van der Waals surface area contributed by atoms with Crippen LogP contribution in [0.15, 0.2) is 82.2 Å². The number of H-pyrrole nitrogens is 1. The Balaban J connectivity index is 1.39. The summed E-state index contributed by atoms with van der Waals surface area (Å²) in [7, 11) is 1.65. The minimum Gasteiger partial charge on any atom is -0.497 e. The first-order chi connectivity index (χ1) is 15.2. The average Bonchev–Trinajstić information content (AvgIpc) is 3.57. The number of carbonyl (C=O) groups is 1. The lowest BCUT2D eigenvalue weighted by atomic mass is 10.0. The Labute approximate surface area is 188 Å². The van der Waals surface area contributed by atoms with Crippen molar-refractivity contribution in [2.45, 2.75) is 17.4 Å². The van der Waals surface area contributed by atoms with E-state index in [1.54, 1.807) is 35.2 Å². The highest BCUT2D eigenvalue weighted by Crippen LogP contribution is 2.36. The number of methoxy groups -OCH3 is 1. The first-order valence-electron chi connectivity index (χ1n) is 9.99. The van der Waals surface area contributed by atoms with Crippen LogP contribution in [-0.4, -0.2) is 34.5 Å². The molecule has 5 nitrogen and oxygen atoms in total. The summed E-state index contributed by atoms with van der Waals surface area (Å²) in [4.78, 5) is 18.7. The SMILES string of the molecule is COc1ccc([C@H]2CC(c3cccs3)=NN2C(=O)CSc2c[nH]c3ccccc23)cc1.